The minimum atomic E-state index is -0.0870. The average molecular weight is 248 g/mol. The fourth-order valence-corrected chi connectivity index (χ4v) is 1.97. The van der Waals surface area contributed by atoms with Crippen molar-refractivity contribution in [2.24, 2.45) is 11.7 Å². The molecule has 74 valence electrons. The van der Waals surface area contributed by atoms with Crippen molar-refractivity contribution in [1.82, 2.24) is 10.2 Å². The molecule has 4 nitrogen and oxygen atoms in total. The number of nitrogens with one attached hydrogen (secondary N) is 2. The van der Waals surface area contributed by atoms with Crippen molar-refractivity contribution in [2.75, 3.05) is 6.54 Å². The molecule has 1 rings (SSSR count). The molecule has 4 N–H and O–H groups in total. The predicted octanol–water partition coefficient (Wildman–Crippen LogP) is 1.16. The first-order chi connectivity index (χ1) is 6.07. The molecule has 0 saturated heterocycles. The van der Waals surface area contributed by atoms with Crippen molar-refractivity contribution >= 4 is 15.9 Å². The Balaban J connectivity index is 3.11. The van der Waals surface area contributed by atoms with Crippen molar-refractivity contribution in [3.63, 3.8) is 0 Å². The fraction of sp³-hybridized carbons (Fsp3) is 0.625. The van der Waals surface area contributed by atoms with Crippen molar-refractivity contribution < 1.29 is 0 Å². The molecule has 1 aromatic rings. The molecule has 1 heterocycles. The van der Waals surface area contributed by atoms with Crippen molar-refractivity contribution in [3.05, 3.63) is 20.5 Å². The SMILES string of the molecule is CC(C)C(CN)c1c(Br)[nH][nH]c1=O. The third-order valence-electron chi connectivity index (χ3n) is 2.20. The van der Waals surface area contributed by atoms with E-state index in [1.54, 1.807) is 0 Å². The number of aromatic amines is 2. The zero-order valence-electron chi connectivity index (χ0n) is 7.73. The van der Waals surface area contributed by atoms with Gasteiger partial charge < -0.3 is 5.73 Å². The summed E-state index contributed by atoms with van der Waals surface area (Å²) in [6, 6.07) is 0. The second kappa shape index (κ2) is 4.11. The van der Waals surface area contributed by atoms with E-state index < -0.39 is 0 Å². The quantitative estimate of drug-likeness (QED) is 0.750. The largest absolute Gasteiger partial charge is 0.330 e. The molecule has 0 spiro atoms. The van der Waals surface area contributed by atoms with Crippen LogP contribution in [0, 0.1) is 5.92 Å². The average Bonchev–Trinajstić information content (AvgIpc) is 2.36. The Labute approximate surface area is 85.0 Å². The summed E-state index contributed by atoms with van der Waals surface area (Å²) in [4.78, 5) is 11.4. The maximum absolute atomic E-state index is 11.4. The lowest BCUT2D eigenvalue weighted by Gasteiger charge is -2.16. The van der Waals surface area contributed by atoms with Crippen LogP contribution < -0.4 is 11.3 Å². The molecule has 0 aliphatic heterocycles. The van der Waals surface area contributed by atoms with Crippen LogP contribution in [-0.4, -0.2) is 16.7 Å². The summed E-state index contributed by atoms with van der Waals surface area (Å²) < 4.78 is 0.710. The third kappa shape index (κ3) is 2.03. The summed E-state index contributed by atoms with van der Waals surface area (Å²) in [7, 11) is 0. The summed E-state index contributed by atoms with van der Waals surface area (Å²) >= 11 is 3.28. The van der Waals surface area contributed by atoms with E-state index in [-0.39, 0.29) is 11.5 Å². The van der Waals surface area contributed by atoms with E-state index in [2.05, 4.69) is 40.0 Å². The molecule has 0 aliphatic rings. The van der Waals surface area contributed by atoms with Gasteiger partial charge in [-0.25, -0.2) is 0 Å². The van der Waals surface area contributed by atoms with E-state index in [9.17, 15) is 4.79 Å². The molecule has 0 amide bonds. The number of H-pyrrole nitrogens is 2. The van der Waals surface area contributed by atoms with Crippen LogP contribution in [0.15, 0.2) is 9.40 Å². The number of rotatable bonds is 3. The molecular weight excluding hydrogens is 234 g/mol. The monoisotopic (exact) mass is 247 g/mol. The maximum Gasteiger partial charge on any atom is 0.268 e. The fourth-order valence-electron chi connectivity index (χ4n) is 1.40. The Bertz CT molecular complexity index is 328. The van der Waals surface area contributed by atoms with Crippen LogP contribution in [0.4, 0.5) is 0 Å². The highest BCUT2D eigenvalue weighted by Gasteiger charge is 2.21. The number of hydrogen-bond acceptors (Lipinski definition) is 2. The number of aromatic nitrogens is 2. The molecule has 13 heavy (non-hydrogen) atoms. The van der Waals surface area contributed by atoms with Gasteiger partial charge in [0.15, 0.2) is 0 Å². The maximum atomic E-state index is 11.4. The lowest BCUT2D eigenvalue weighted by atomic mass is 9.90. The Morgan fingerprint density at radius 1 is 1.46 bits per heavy atom. The van der Waals surface area contributed by atoms with E-state index in [0.29, 0.717) is 17.1 Å². The highest BCUT2D eigenvalue weighted by Crippen LogP contribution is 2.25. The molecule has 1 unspecified atom stereocenters. The number of halogens is 1. The Kier molecular flexibility index (Phi) is 3.33. The van der Waals surface area contributed by atoms with E-state index in [0.717, 1.165) is 5.56 Å². The van der Waals surface area contributed by atoms with Crippen LogP contribution in [0.3, 0.4) is 0 Å². The lowest BCUT2D eigenvalue weighted by molar-refractivity contribution is 0.502. The van der Waals surface area contributed by atoms with Gasteiger partial charge in [0.1, 0.15) is 4.60 Å². The molecule has 5 heteroatoms. The highest BCUT2D eigenvalue weighted by molar-refractivity contribution is 9.10. The van der Waals surface area contributed by atoms with Gasteiger partial charge in [0, 0.05) is 5.92 Å². The van der Waals surface area contributed by atoms with Crippen LogP contribution in [-0.2, 0) is 0 Å². The summed E-state index contributed by atoms with van der Waals surface area (Å²) in [6.07, 6.45) is 0. The van der Waals surface area contributed by atoms with E-state index in [1.165, 1.54) is 0 Å². The van der Waals surface area contributed by atoms with E-state index in [1.807, 2.05) is 0 Å². The van der Waals surface area contributed by atoms with Crippen LogP contribution in [0.25, 0.3) is 0 Å². The van der Waals surface area contributed by atoms with Crippen molar-refractivity contribution in [2.45, 2.75) is 19.8 Å². The van der Waals surface area contributed by atoms with Crippen LogP contribution in [0.2, 0.25) is 0 Å². The predicted molar refractivity (Wildman–Crippen MR) is 55.7 cm³/mol. The third-order valence-corrected chi connectivity index (χ3v) is 2.82. The van der Waals surface area contributed by atoms with Gasteiger partial charge in [-0.05, 0) is 28.4 Å². The Hall–Kier alpha value is -0.550. The van der Waals surface area contributed by atoms with Gasteiger partial charge in [-0.1, -0.05) is 13.8 Å². The van der Waals surface area contributed by atoms with Gasteiger partial charge in [0.25, 0.3) is 5.56 Å². The zero-order chi connectivity index (χ0) is 10.0. The summed E-state index contributed by atoms with van der Waals surface area (Å²) in [5.74, 6) is 0.461. The summed E-state index contributed by atoms with van der Waals surface area (Å²) in [5, 5.41) is 5.25. The van der Waals surface area contributed by atoms with Gasteiger partial charge in [-0.3, -0.25) is 15.0 Å². The van der Waals surface area contributed by atoms with E-state index >= 15 is 0 Å². The molecule has 1 atom stereocenters. The smallest absolute Gasteiger partial charge is 0.268 e. The minimum absolute atomic E-state index is 0.0870. The topological polar surface area (TPSA) is 74.7 Å². The van der Waals surface area contributed by atoms with Gasteiger partial charge in [0.2, 0.25) is 0 Å². The second-order valence-electron chi connectivity index (χ2n) is 3.39. The number of nitrogens with two attached hydrogens (primary N) is 1. The van der Waals surface area contributed by atoms with E-state index in [4.69, 9.17) is 5.73 Å². The highest BCUT2D eigenvalue weighted by atomic mass is 79.9. The van der Waals surface area contributed by atoms with Crippen LogP contribution >= 0.6 is 15.9 Å². The zero-order valence-corrected chi connectivity index (χ0v) is 9.31. The van der Waals surface area contributed by atoms with Crippen LogP contribution in [0.1, 0.15) is 25.3 Å². The summed E-state index contributed by atoms with van der Waals surface area (Å²) in [5.41, 5.74) is 6.25. The molecule has 0 fully saturated rings. The normalized spacial score (nSPS) is 13.6. The van der Waals surface area contributed by atoms with Gasteiger partial charge in [-0.15, -0.1) is 0 Å². The molecule has 0 aromatic carbocycles. The summed E-state index contributed by atoms with van der Waals surface area (Å²) in [6.45, 7) is 4.59. The molecular formula is C8H14BrN3O. The van der Waals surface area contributed by atoms with Crippen molar-refractivity contribution in [1.29, 1.82) is 0 Å². The van der Waals surface area contributed by atoms with Crippen molar-refractivity contribution in [3.8, 4) is 0 Å². The van der Waals surface area contributed by atoms with Gasteiger partial charge >= 0.3 is 0 Å². The standard InChI is InChI=1S/C8H14BrN3O/c1-4(2)5(3-10)6-7(9)11-12-8(6)13/h4-5H,3,10H2,1-2H3,(H2,11,12,13). The minimum Gasteiger partial charge on any atom is -0.330 e. The molecule has 0 radical (unpaired) electrons. The van der Waals surface area contributed by atoms with Gasteiger partial charge in [0.05, 0.1) is 5.56 Å². The van der Waals surface area contributed by atoms with Crippen LogP contribution in [0.5, 0.6) is 0 Å². The lowest BCUT2D eigenvalue weighted by Crippen LogP contribution is -2.23. The second-order valence-corrected chi connectivity index (χ2v) is 4.19. The molecule has 1 aromatic heterocycles. The molecule has 0 saturated carbocycles. The molecule has 0 aliphatic carbocycles. The molecule has 0 bridgehead atoms. The van der Waals surface area contributed by atoms with Gasteiger partial charge in [-0.2, -0.15) is 0 Å². The Morgan fingerprint density at radius 3 is 2.38 bits per heavy atom. The first-order valence-electron chi connectivity index (χ1n) is 4.24. The first kappa shape index (κ1) is 10.5. The Morgan fingerprint density at radius 2 is 2.08 bits per heavy atom. The number of hydrogen-bond donors (Lipinski definition) is 3. The first-order valence-corrected chi connectivity index (χ1v) is 5.03.